The van der Waals surface area contributed by atoms with Crippen LogP contribution in [0, 0.1) is 11.3 Å². The molecule has 5 nitrogen and oxygen atoms in total. The molecule has 0 bridgehead atoms. The second kappa shape index (κ2) is 4.94. The maximum atomic E-state index is 12.7. The lowest BCUT2D eigenvalue weighted by atomic mass is 9.71. The molecule has 2 aliphatic rings. The normalized spacial score (nSPS) is 24.8. The van der Waals surface area contributed by atoms with Gasteiger partial charge in [-0.3, -0.25) is 19.8 Å². The van der Waals surface area contributed by atoms with Crippen LogP contribution in [0.1, 0.15) is 52.9 Å². The summed E-state index contributed by atoms with van der Waals surface area (Å²) in [6.45, 7) is 5.79. The molecule has 1 saturated heterocycles. The van der Waals surface area contributed by atoms with Crippen molar-refractivity contribution in [3.8, 4) is 0 Å². The summed E-state index contributed by atoms with van der Waals surface area (Å²) in [4.78, 5) is 38.1. The number of rotatable bonds is 2. The maximum absolute atomic E-state index is 12.7. The summed E-state index contributed by atoms with van der Waals surface area (Å²) >= 11 is 0. The quantitative estimate of drug-likeness (QED) is 0.778. The molecule has 1 unspecified atom stereocenters. The first kappa shape index (κ1) is 14.0. The highest BCUT2D eigenvalue weighted by Gasteiger charge is 2.54. The zero-order chi connectivity index (χ0) is 14.2. The minimum atomic E-state index is -0.991. The van der Waals surface area contributed by atoms with E-state index in [1.807, 2.05) is 20.8 Å². The Morgan fingerprint density at radius 3 is 2.16 bits per heavy atom. The molecule has 2 fully saturated rings. The fourth-order valence-corrected chi connectivity index (χ4v) is 2.96. The van der Waals surface area contributed by atoms with E-state index >= 15 is 0 Å². The number of nitrogens with zero attached hydrogens (tertiary/aromatic N) is 1. The van der Waals surface area contributed by atoms with E-state index in [0.29, 0.717) is 12.8 Å². The Kier molecular flexibility index (Phi) is 3.65. The summed E-state index contributed by atoms with van der Waals surface area (Å²) < 4.78 is 0. The van der Waals surface area contributed by atoms with Crippen LogP contribution < -0.4 is 5.32 Å². The maximum Gasteiger partial charge on any atom is 0.331 e. The third kappa shape index (κ3) is 2.15. The SMILES string of the molecule is CC(C)C(C)N1C(=O)NC(=O)C2(CCCCC2)C1=O. The molecule has 1 spiro atoms. The molecule has 1 aliphatic heterocycles. The Labute approximate surface area is 113 Å². The van der Waals surface area contributed by atoms with Gasteiger partial charge in [-0.15, -0.1) is 0 Å². The van der Waals surface area contributed by atoms with E-state index in [1.54, 1.807) is 0 Å². The zero-order valence-corrected chi connectivity index (χ0v) is 11.9. The van der Waals surface area contributed by atoms with Crippen molar-refractivity contribution in [2.45, 2.75) is 58.9 Å². The first-order valence-electron chi connectivity index (χ1n) is 7.09. The van der Waals surface area contributed by atoms with Crippen LogP contribution in [-0.4, -0.2) is 28.8 Å². The minimum Gasteiger partial charge on any atom is -0.277 e. The molecule has 1 saturated carbocycles. The summed E-state index contributed by atoms with van der Waals surface area (Å²) in [5, 5.41) is 2.38. The van der Waals surface area contributed by atoms with Crippen molar-refractivity contribution in [1.82, 2.24) is 10.2 Å². The molecule has 2 rings (SSSR count). The van der Waals surface area contributed by atoms with E-state index in [1.165, 1.54) is 4.90 Å². The molecular weight excluding hydrogens is 244 g/mol. The van der Waals surface area contributed by atoms with Gasteiger partial charge in [0.25, 0.3) is 0 Å². The Bertz CT molecular complexity index is 411. The number of hydrogen-bond acceptors (Lipinski definition) is 3. The fourth-order valence-electron chi connectivity index (χ4n) is 2.96. The summed E-state index contributed by atoms with van der Waals surface area (Å²) in [5.74, 6) is -0.514. The van der Waals surface area contributed by atoms with Crippen molar-refractivity contribution in [2.75, 3.05) is 0 Å². The molecule has 19 heavy (non-hydrogen) atoms. The van der Waals surface area contributed by atoms with E-state index < -0.39 is 17.4 Å². The second-order valence-corrected chi connectivity index (χ2v) is 6.06. The van der Waals surface area contributed by atoms with Gasteiger partial charge in [0.15, 0.2) is 0 Å². The third-order valence-electron chi connectivity index (χ3n) is 4.58. The summed E-state index contributed by atoms with van der Waals surface area (Å²) in [6, 6.07) is -0.758. The average Bonchev–Trinajstić information content (AvgIpc) is 2.37. The van der Waals surface area contributed by atoms with Crippen molar-refractivity contribution in [1.29, 1.82) is 0 Å². The Morgan fingerprint density at radius 2 is 1.63 bits per heavy atom. The van der Waals surface area contributed by atoms with Gasteiger partial charge in [-0.1, -0.05) is 33.1 Å². The second-order valence-electron chi connectivity index (χ2n) is 6.06. The topological polar surface area (TPSA) is 66.5 Å². The van der Waals surface area contributed by atoms with E-state index in [-0.39, 0.29) is 17.9 Å². The number of barbiturate groups is 1. The molecule has 4 amide bonds. The zero-order valence-electron chi connectivity index (χ0n) is 11.9. The van der Waals surface area contributed by atoms with Gasteiger partial charge < -0.3 is 0 Å². The van der Waals surface area contributed by atoms with Crippen LogP contribution >= 0.6 is 0 Å². The smallest absolute Gasteiger partial charge is 0.277 e. The van der Waals surface area contributed by atoms with Crippen molar-refractivity contribution in [3.63, 3.8) is 0 Å². The lowest BCUT2D eigenvalue weighted by Crippen LogP contribution is -2.66. The number of imide groups is 2. The number of hydrogen-bond donors (Lipinski definition) is 1. The van der Waals surface area contributed by atoms with Gasteiger partial charge in [0.1, 0.15) is 5.41 Å². The summed E-state index contributed by atoms with van der Waals surface area (Å²) in [6.07, 6.45) is 3.92. The fraction of sp³-hybridized carbons (Fsp3) is 0.786. The number of nitrogens with one attached hydrogen (secondary N) is 1. The van der Waals surface area contributed by atoms with Crippen LogP contribution in [0.2, 0.25) is 0 Å². The van der Waals surface area contributed by atoms with Crippen LogP contribution in [0.3, 0.4) is 0 Å². The van der Waals surface area contributed by atoms with Crippen LogP contribution in [-0.2, 0) is 9.59 Å². The molecule has 0 radical (unpaired) electrons. The largest absolute Gasteiger partial charge is 0.331 e. The van der Waals surface area contributed by atoms with Crippen LogP contribution in [0.25, 0.3) is 0 Å². The van der Waals surface area contributed by atoms with Gasteiger partial charge in [0, 0.05) is 6.04 Å². The van der Waals surface area contributed by atoms with Gasteiger partial charge in [0.05, 0.1) is 0 Å². The third-order valence-corrected chi connectivity index (χ3v) is 4.58. The molecule has 0 aromatic carbocycles. The Morgan fingerprint density at radius 1 is 1.05 bits per heavy atom. The first-order chi connectivity index (χ1) is 8.90. The van der Waals surface area contributed by atoms with Crippen molar-refractivity contribution >= 4 is 17.8 Å². The van der Waals surface area contributed by atoms with Crippen LogP contribution in [0.4, 0.5) is 4.79 Å². The van der Waals surface area contributed by atoms with Gasteiger partial charge in [0.2, 0.25) is 11.8 Å². The van der Waals surface area contributed by atoms with Crippen molar-refractivity contribution in [3.05, 3.63) is 0 Å². The molecule has 0 aromatic heterocycles. The standard InChI is InChI=1S/C14H22N2O3/c1-9(2)10(3)16-12(18)14(7-5-4-6-8-14)11(17)15-13(16)19/h9-10H,4-8H2,1-3H3,(H,15,17,19). The van der Waals surface area contributed by atoms with E-state index in [9.17, 15) is 14.4 Å². The van der Waals surface area contributed by atoms with Gasteiger partial charge in [-0.05, 0) is 25.7 Å². The predicted molar refractivity (Wildman–Crippen MR) is 70.2 cm³/mol. The molecule has 1 aliphatic carbocycles. The summed E-state index contributed by atoms with van der Waals surface area (Å²) in [5.41, 5.74) is -0.991. The molecule has 5 heteroatoms. The van der Waals surface area contributed by atoms with Gasteiger partial charge in [-0.2, -0.15) is 0 Å². The number of carbonyl (C=O) groups is 3. The first-order valence-corrected chi connectivity index (χ1v) is 7.09. The highest BCUT2D eigenvalue weighted by molar-refractivity contribution is 6.19. The average molecular weight is 266 g/mol. The molecule has 1 atom stereocenters. The van der Waals surface area contributed by atoms with Gasteiger partial charge >= 0.3 is 6.03 Å². The van der Waals surface area contributed by atoms with Crippen molar-refractivity contribution < 1.29 is 14.4 Å². The Hall–Kier alpha value is -1.39. The van der Waals surface area contributed by atoms with E-state index in [4.69, 9.17) is 0 Å². The number of amides is 4. The molecule has 0 aromatic rings. The lowest BCUT2D eigenvalue weighted by molar-refractivity contribution is -0.155. The predicted octanol–water partition coefficient (Wildman–Crippen LogP) is 2.06. The molecule has 1 heterocycles. The van der Waals surface area contributed by atoms with E-state index in [2.05, 4.69) is 5.32 Å². The van der Waals surface area contributed by atoms with Crippen LogP contribution in [0.15, 0.2) is 0 Å². The van der Waals surface area contributed by atoms with Crippen molar-refractivity contribution in [2.24, 2.45) is 11.3 Å². The highest BCUT2D eigenvalue weighted by atomic mass is 16.2. The van der Waals surface area contributed by atoms with E-state index in [0.717, 1.165) is 19.3 Å². The number of urea groups is 1. The highest BCUT2D eigenvalue weighted by Crippen LogP contribution is 2.40. The molecular formula is C14H22N2O3. The Balaban J connectivity index is 2.33. The number of carbonyl (C=O) groups excluding carboxylic acids is 3. The van der Waals surface area contributed by atoms with Gasteiger partial charge in [-0.25, -0.2) is 4.79 Å². The van der Waals surface area contributed by atoms with Crippen LogP contribution in [0.5, 0.6) is 0 Å². The minimum absolute atomic E-state index is 0.170. The molecule has 106 valence electrons. The summed E-state index contributed by atoms with van der Waals surface area (Å²) in [7, 11) is 0. The monoisotopic (exact) mass is 266 g/mol. The lowest BCUT2D eigenvalue weighted by Gasteiger charge is -2.44. The molecule has 1 N–H and O–H groups in total.